The molecule has 0 unspecified atom stereocenters. The van der Waals surface area contributed by atoms with Gasteiger partial charge in [0, 0.05) is 0 Å². The van der Waals surface area contributed by atoms with E-state index in [4.69, 9.17) is 4.74 Å². The summed E-state index contributed by atoms with van der Waals surface area (Å²) in [4.78, 5) is 14.9. The van der Waals surface area contributed by atoms with Crippen molar-refractivity contribution in [3.8, 4) is 0 Å². The van der Waals surface area contributed by atoms with Gasteiger partial charge in [-0.05, 0) is 32.0 Å². The molecule has 1 fully saturated rings. The largest absolute Gasteiger partial charge is 0.464 e. The summed E-state index contributed by atoms with van der Waals surface area (Å²) in [5, 5.41) is 2.22. The van der Waals surface area contributed by atoms with Gasteiger partial charge in [0.25, 0.3) is 0 Å². The van der Waals surface area contributed by atoms with Gasteiger partial charge in [-0.15, -0.1) is 0 Å². The molecule has 1 aliphatic carbocycles. The minimum Gasteiger partial charge on any atom is -0.464 e. The first kappa shape index (κ1) is 8.37. The lowest BCUT2D eigenvalue weighted by molar-refractivity contribution is -0.145. The second-order valence-corrected chi connectivity index (χ2v) is 2.64. The Morgan fingerprint density at radius 2 is 2.45 bits per heavy atom. The van der Waals surface area contributed by atoms with Gasteiger partial charge in [-0.25, -0.2) is 9.79 Å². The third-order valence-corrected chi connectivity index (χ3v) is 1.73. The summed E-state index contributed by atoms with van der Waals surface area (Å²) in [6.07, 6.45) is 1.49. The Kier molecular flexibility index (Phi) is 2.37. The van der Waals surface area contributed by atoms with Gasteiger partial charge in [0.2, 0.25) is 0 Å². The fourth-order valence-electron chi connectivity index (χ4n) is 0.833. The van der Waals surface area contributed by atoms with Crippen molar-refractivity contribution in [1.29, 1.82) is 0 Å². The summed E-state index contributed by atoms with van der Waals surface area (Å²) in [7, 11) is 0. The van der Waals surface area contributed by atoms with Gasteiger partial charge in [0.15, 0.2) is 5.54 Å². The summed E-state index contributed by atoms with van der Waals surface area (Å²) >= 11 is 4.42. The Balaban J connectivity index is 2.58. The van der Waals surface area contributed by atoms with Crippen molar-refractivity contribution >= 4 is 23.3 Å². The maximum Gasteiger partial charge on any atom is 0.334 e. The summed E-state index contributed by atoms with van der Waals surface area (Å²) in [6, 6.07) is 0. The number of carbonyl (C=O) groups excluding carboxylic acids is 1. The molecular formula is C7H9NO2S. The number of esters is 1. The molecule has 0 atom stereocenters. The van der Waals surface area contributed by atoms with Crippen LogP contribution in [0.5, 0.6) is 0 Å². The van der Waals surface area contributed by atoms with Crippen LogP contribution in [0.1, 0.15) is 19.8 Å². The molecule has 0 amide bonds. The fourth-order valence-corrected chi connectivity index (χ4v) is 1.01. The van der Waals surface area contributed by atoms with Crippen LogP contribution in [-0.4, -0.2) is 23.3 Å². The van der Waals surface area contributed by atoms with Crippen molar-refractivity contribution in [3.63, 3.8) is 0 Å². The summed E-state index contributed by atoms with van der Waals surface area (Å²) < 4.78 is 4.80. The zero-order chi connectivity index (χ0) is 8.32. The van der Waals surface area contributed by atoms with Crippen LogP contribution >= 0.6 is 12.2 Å². The van der Waals surface area contributed by atoms with Gasteiger partial charge in [0.05, 0.1) is 11.8 Å². The molecular weight excluding hydrogens is 162 g/mol. The fraction of sp³-hybridized carbons (Fsp3) is 0.714. The maximum atomic E-state index is 11.1. The lowest BCUT2D eigenvalue weighted by Crippen LogP contribution is -2.22. The van der Waals surface area contributed by atoms with E-state index >= 15 is 0 Å². The normalized spacial score (nSPS) is 18.3. The Hall–Kier alpha value is -0.730. The van der Waals surface area contributed by atoms with E-state index in [-0.39, 0.29) is 5.97 Å². The number of hydrogen-bond acceptors (Lipinski definition) is 4. The molecule has 3 nitrogen and oxygen atoms in total. The average molecular weight is 171 g/mol. The standard InChI is InChI=1S/C7H9NO2S/c1-2-10-6(9)7(3-4-7)8-5-11/h2-4H2,1H3. The Morgan fingerprint density at radius 3 is 2.82 bits per heavy atom. The number of carbonyl (C=O) groups is 1. The van der Waals surface area contributed by atoms with Crippen LogP contribution in [-0.2, 0) is 9.53 Å². The number of aliphatic imine (C=N–C) groups is 1. The Labute approximate surface area is 70.5 Å². The molecule has 1 aliphatic rings. The quantitative estimate of drug-likeness (QED) is 0.363. The molecule has 0 heterocycles. The number of thiocarbonyl (C=S) groups is 1. The summed E-state index contributed by atoms with van der Waals surface area (Å²) in [6.45, 7) is 2.17. The van der Waals surface area contributed by atoms with Crippen LogP contribution < -0.4 is 0 Å². The Morgan fingerprint density at radius 1 is 1.82 bits per heavy atom. The predicted molar refractivity (Wildman–Crippen MR) is 43.6 cm³/mol. The zero-order valence-corrected chi connectivity index (χ0v) is 7.11. The second-order valence-electron chi connectivity index (χ2n) is 2.46. The molecule has 0 aliphatic heterocycles. The smallest absolute Gasteiger partial charge is 0.334 e. The van der Waals surface area contributed by atoms with Gasteiger partial charge < -0.3 is 4.74 Å². The Bertz CT molecular complexity index is 216. The average Bonchev–Trinajstić information content (AvgIpc) is 2.71. The minimum atomic E-state index is -0.641. The molecule has 0 aromatic rings. The number of nitrogens with zero attached hydrogens (tertiary/aromatic N) is 1. The van der Waals surface area contributed by atoms with Crippen LogP contribution in [0.4, 0.5) is 0 Å². The van der Waals surface area contributed by atoms with E-state index in [1.165, 1.54) is 0 Å². The third-order valence-electron chi connectivity index (χ3n) is 1.64. The molecule has 0 aromatic heterocycles. The van der Waals surface area contributed by atoms with Crippen LogP contribution in [0.15, 0.2) is 4.99 Å². The highest BCUT2D eigenvalue weighted by Gasteiger charge is 2.51. The third kappa shape index (κ3) is 1.64. The van der Waals surface area contributed by atoms with Crippen molar-refractivity contribution in [2.24, 2.45) is 4.99 Å². The van der Waals surface area contributed by atoms with Crippen LogP contribution in [0.25, 0.3) is 0 Å². The lowest BCUT2D eigenvalue weighted by Gasteiger charge is -2.05. The van der Waals surface area contributed by atoms with Crippen LogP contribution in [0.2, 0.25) is 0 Å². The number of hydrogen-bond donors (Lipinski definition) is 0. The van der Waals surface area contributed by atoms with Crippen molar-refractivity contribution in [3.05, 3.63) is 0 Å². The van der Waals surface area contributed by atoms with E-state index in [1.54, 1.807) is 6.92 Å². The van der Waals surface area contributed by atoms with Crippen molar-refractivity contribution in [1.82, 2.24) is 0 Å². The van der Waals surface area contributed by atoms with E-state index in [0.29, 0.717) is 6.61 Å². The minimum absolute atomic E-state index is 0.266. The summed E-state index contributed by atoms with van der Waals surface area (Å²) in [5.41, 5.74) is -0.641. The monoisotopic (exact) mass is 171 g/mol. The first-order valence-corrected chi connectivity index (χ1v) is 3.92. The first-order valence-electron chi connectivity index (χ1n) is 3.51. The number of ether oxygens (including phenoxy) is 1. The van der Waals surface area contributed by atoms with E-state index in [1.807, 2.05) is 0 Å². The molecule has 60 valence electrons. The second kappa shape index (κ2) is 3.11. The van der Waals surface area contributed by atoms with E-state index in [9.17, 15) is 4.79 Å². The summed E-state index contributed by atoms with van der Waals surface area (Å²) in [5.74, 6) is -0.266. The van der Waals surface area contributed by atoms with E-state index in [2.05, 4.69) is 22.4 Å². The van der Waals surface area contributed by atoms with Crippen molar-refractivity contribution in [2.45, 2.75) is 25.3 Å². The number of rotatable bonds is 3. The number of isothiocyanates is 1. The highest BCUT2D eigenvalue weighted by Crippen LogP contribution is 2.40. The molecule has 4 heteroatoms. The van der Waals surface area contributed by atoms with Crippen molar-refractivity contribution < 1.29 is 9.53 Å². The maximum absolute atomic E-state index is 11.1. The molecule has 1 rings (SSSR count). The molecule has 0 saturated heterocycles. The molecule has 11 heavy (non-hydrogen) atoms. The van der Waals surface area contributed by atoms with Gasteiger partial charge in [-0.2, -0.15) is 0 Å². The van der Waals surface area contributed by atoms with Gasteiger partial charge in [0.1, 0.15) is 0 Å². The van der Waals surface area contributed by atoms with Gasteiger partial charge >= 0.3 is 5.97 Å². The molecule has 0 bridgehead atoms. The molecule has 0 radical (unpaired) electrons. The topological polar surface area (TPSA) is 38.7 Å². The zero-order valence-electron chi connectivity index (χ0n) is 6.29. The van der Waals surface area contributed by atoms with Crippen LogP contribution in [0, 0.1) is 0 Å². The first-order chi connectivity index (χ1) is 5.25. The lowest BCUT2D eigenvalue weighted by atomic mass is 10.3. The van der Waals surface area contributed by atoms with Gasteiger partial charge in [-0.1, -0.05) is 0 Å². The molecule has 0 aromatic carbocycles. The van der Waals surface area contributed by atoms with Crippen LogP contribution in [0.3, 0.4) is 0 Å². The molecule has 0 spiro atoms. The van der Waals surface area contributed by atoms with E-state index < -0.39 is 5.54 Å². The highest BCUT2D eigenvalue weighted by atomic mass is 32.1. The predicted octanol–water partition coefficient (Wildman–Crippen LogP) is 1.18. The molecule has 0 N–H and O–H groups in total. The van der Waals surface area contributed by atoms with Crippen molar-refractivity contribution in [2.75, 3.05) is 6.61 Å². The molecule has 1 saturated carbocycles. The van der Waals surface area contributed by atoms with Gasteiger partial charge in [-0.3, -0.25) is 0 Å². The highest BCUT2D eigenvalue weighted by molar-refractivity contribution is 7.78. The van der Waals surface area contributed by atoms with E-state index in [0.717, 1.165) is 12.8 Å². The SMILES string of the molecule is CCOC(=O)C1(N=C=S)CC1.